The maximum atomic E-state index is 12.5. The lowest BCUT2D eigenvalue weighted by molar-refractivity contribution is -0.137. The number of halogens is 3. The van der Waals surface area contributed by atoms with Gasteiger partial charge in [-0.3, -0.25) is 9.69 Å². The van der Waals surface area contributed by atoms with Crippen LogP contribution in [0, 0.1) is 0 Å². The Hall–Kier alpha value is -1.82. The molecule has 0 heterocycles. The molecule has 1 rings (SSSR count). The van der Waals surface area contributed by atoms with Gasteiger partial charge in [-0.25, -0.2) is 0 Å². The van der Waals surface area contributed by atoms with Crippen molar-refractivity contribution < 1.29 is 18.0 Å². The molecule has 0 saturated heterocycles. The number of rotatable bonds is 6. The third kappa shape index (κ3) is 5.23. The summed E-state index contributed by atoms with van der Waals surface area (Å²) in [5.74, 6) is -0.149. The van der Waals surface area contributed by atoms with Gasteiger partial charge in [0.2, 0.25) is 5.91 Å². The highest BCUT2D eigenvalue weighted by molar-refractivity contribution is 5.81. The molecule has 0 aliphatic rings. The predicted molar refractivity (Wildman–Crippen MR) is 75.6 cm³/mol. The van der Waals surface area contributed by atoms with E-state index in [1.54, 1.807) is 24.9 Å². The fourth-order valence-electron chi connectivity index (χ4n) is 1.74. The van der Waals surface area contributed by atoms with E-state index in [1.165, 1.54) is 12.1 Å². The molecule has 0 spiro atoms. The first-order valence-electron chi connectivity index (χ1n) is 6.50. The Bertz CT molecular complexity index is 483. The number of carbonyl (C=O) groups is 1. The number of alkyl halides is 3. The number of amides is 1. The topological polar surface area (TPSA) is 32.3 Å². The molecular weight excluding hydrogens is 281 g/mol. The minimum atomic E-state index is -4.33. The normalized spacial score (nSPS) is 13.0. The van der Waals surface area contributed by atoms with Gasteiger partial charge >= 0.3 is 6.18 Å². The number of hydrogen-bond donors (Lipinski definition) is 1. The van der Waals surface area contributed by atoms with Crippen LogP contribution in [0.1, 0.15) is 18.1 Å². The second-order valence-corrected chi connectivity index (χ2v) is 4.82. The van der Waals surface area contributed by atoms with Crippen LogP contribution in [-0.4, -0.2) is 30.4 Å². The molecule has 21 heavy (non-hydrogen) atoms. The summed E-state index contributed by atoms with van der Waals surface area (Å²) in [5, 5.41) is 2.68. The molecule has 3 nitrogen and oxygen atoms in total. The highest BCUT2D eigenvalue weighted by atomic mass is 19.4. The summed E-state index contributed by atoms with van der Waals surface area (Å²) in [6, 6.07) is 4.56. The van der Waals surface area contributed by atoms with Crippen LogP contribution in [0.5, 0.6) is 0 Å². The molecule has 116 valence electrons. The minimum Gasteiger partial charge on any atom is -0.351 e. The Morgan fingerprint density at radius 1 is 1.38 bits per heavy atom. The van der Waals surface area contributed by atoms with Gasteiger partial charge in [0.15, 0.2) is 0 Å². The van der Waals surface area contributed by atoms with Crippen LogP contribution in [-0.2, 0) is 17.5 Å². The molecule has 0 bridgehead atoms. The Morgan fingerprint density at radius 3 is 2.43 bits per heavy atom. The second-order valence-electron chi connectivity index (χ2n) is 4.82. The summed E-state index contributed by atoms with van der Waals surface area (Å²) >= 11 is 0. The number of benzene rings is 1. The van der Waals surface area contributed by atoms with Gasteiger partial charge < -0.3 is 5.32 Å². The first-order valence-corrected chi connectivity index (χ1v) is 6.50. The van der Waals surface area contributed by atoms with Crippen molar-refractivity contribution in [2.24, 2.45) is 0 Å². The molecule has 1 unspecified atom stereocenters. The van der Waals surface area contributed by atoms with Crippen LogP contribution in [0.25, 0.3) is 0 Å². The van der Waals surface area contributed by atoms with Crippen molar-refractivity contribution in [3.8, 4) is 0 Å². The van der Waals surface area contributed by atoms with Crippen LogP contribution >= 0.6 is 0 Å². The van der Waals surface area contributed by atoms with Crippen molar-refractivity contribution in [3.63, 3.8) is 0 Å². The molecule has 1 aromatic rings. The smallest absolute Gasteiger partial charge is 0.351 e. The number of hydrogen-bond acceptors (Lipinski definition) is 2. The van der Waals surface area contributed by atoms with E-state index >= 15 is 0 Å². The van der Waals surface area contributed by atoms with Gasteiger partial charge in [0.1, 0.15) is 0 Å². The van der Waals surface area contributed by atoms with E-state index in [0.717, 1.165) is 12.1 Å². The highest BCUT2D eigenvalue weighted by Crippen LogP contribution is 2.29. The molecular formula is C15H19F3N2O. The molecule has 1 aromatic carbocycles. The lowest BCUT2D eigenvalue weighted by Gasteiger charge is -2.23. The number of nitrogens with one attached hydrogen (secondary N) is 1. The fraction of sp³-hybridized carbons (Fsp3) is 0.400. The molecule has 6 heteroatoms. The van der Waals surface area contributed by atoms with Gasteiger partial charge in [0.05, 0.1) is 11.6 Å². The lowest BCUT2D eigenvalue weighted by atomic mass is 10.1. The molecule has 1 N–H and O–H groups in total. The van der Waals surface area contributed by atoms with Gasteiger partial charge in [-0.1, -0.05) is 18.2 Å². The first kappa shape index (κ1) is 17.2. The maximum Gasteiger partial charge on any atom is 0.416 e. The van der Waals surface area contributed by atoms with E-state index in [2.05, 4.69) is 11.9 Å². The Morgan fingerprint density at radius 2 is 1.95 bits per heavy atom. The molecule has 0 radical (unpaired) electrons. The zero-order chi connectivity index (χ0) is 16.0. The third-order valence-electron chi connectivity index (χ3n) is 3.17. The molecule has 0 fully saturated rings. The summed E-state index contributed by atoms with van der Waals surface area (Å²) in [6.45, 7) is 6.03. The van der Waals surface area contributed by atoms with Crippen LogP contribution in [0.15, 0.2) is 36.9 Å². The Kier molecular flexibility index (Phi) is 5.96. The van der Waals surface area contributed by atoms with E-state index in [9.17, 15) is 18.0 Å². The maximum absolute atomic E-state index is 12.5. The molecule has 0 aliphatic carbocycles. The van der Waals surface area contributed by atoms with Gasteiger partial charge in [-0.15, -0.1) is 6.58 Å². The number of carbonyl (C=O) groups excluding carboxylic acids is 1. The van der Waals surface area contributed by atoms with E-state index in [4.69, 9.17) is 0 Å². The van der Waals surface area contributed by atoms with Crippen molar-refractivity contribution in [2.45, 2.75) is 25.7 Å². The summed E-state index contributed by atoms with van der Waals surface area (Å²) in [4.78, 5) is 13.5. The van der Waals surface area contributed by atoms with Crippen molar-refractivity contribution >= 4 is 5.91 Å². The van der Waals surface area contributed by atoms with Crippen molar-refractivity contribution in [2.75, 3.05) is 13.6 Å². The molecule has 1 amide bonds. The van der Waals surface area contributed by atoms with Gasteiger partial charge in [0.25, 0.3) is 0 Å². The van der Waals surface area contributed by atoms with E-state index < -0.39 is 11.7 Å². The quantitative estimate of drug-likeness (QED) is 0.819. The monoisotopic (exact) mass is 300 g/mol. The predicted octanol–water partition coefficient (Wildman–Crippen LogP) is 2.83. The Balaban J connectivity index is 2.64. The second kappa shape index (κ2) is 7.26. The largest absolute Gasteiger partial charge is 0.416 e. The highest BCUT2D eigenvalue weighted by Gasteiger charge is 2.30. The first-order chi connectivity index (χ1) is 9.75. The summed E-state index contributed by atoms with van der Waals surface area (Å²) in [5.41, 5.74) is 0.0412. The van der Waals surface area contributed by atoms with E-state index in [1.807, 2.05) is 0 Å². The zero-order valence-corrected chi connectivity index (χ0v) is 12.1. The van der Waals surface area contributed by atoms with Crippen molar-refractivity contribution in [1.82, 2.24) is 10.2 Å². The van der Waals surface area contributed by atoms with E-state index in [0.29, 0.717) is 18.7 Å². The minimum absolute atomic E-state index is 0.149. The molecule has 0 saturated carbocycles. The lowest BCUT2D eigenvalue weighted by Crippen LogP contribution is -2.42. The molecule has 1 atom stereocenters. The summed E-state index contributed by atoms with van der Waals surface area (Å²) < 4.78 is 37.4. The summed E-state index contributed by atoms with van der Waals surface area (Å²) in [7, 11) is 1.75. The van der Waals surface area contributed by atoms with Gasteiger partial charge in [-0.05, 0) is 31.7 Å². The third-order valence-corrected chi connectivity index (χ3v) is 3.17. The average Bonchev–Trinajstić information content (AvgIpc) is 2.43. The summed E-state index contributed by atoms with van der Waals surface area (Å²) in [6.07, 6.45) is -2.75. The molecule has 0 aliphatic heterocycles. The van der Waals surface area contributed by atoms with Crippen molar-refractivity contribution in [1.29, 1.82) is 0 Å². The van der Waals surface area contributed by atoms with Crippen LogP contribution < -0.4 is 5.32 Å². The SMILES string of the molecule is C=CCNC(=O)C(C)N(C)Cc1ccc(C(F)(F)F)cc1. The number of nitrogens with zero attached hydrogens (tertiary/aromatic N) is 1. The standard InChI is InChI=1S/C15H19F3N2O/c1-4-9-19-14(21)11(2)20(3)10-12-5-7-13(8-6-12)15(16,17)18/h4-8,11H,1,9-10H2,2-3H3,(H,19,21). The zero-order valence-electron chi connectivity index (χ0n) is 12.1. The fourth-order valence-corrected chi connectivity index (χ4v) is 1.74. The van der Waals surface area contributed by atoms with Gasteiger partial charge in [0, 0.05) is 13.1 Å². The van der Waals surface area contributed by atoms with E-state index in [-0.39, 0.29) is 11.9 Å². The molecule has 0 aromatic heterocycles. The Labute approximate surface area is 122 Å². The van der Waals surface area contributed by atoms with Crippen molar-refractivity contribution in [3.05, 3.63) is 48.0 Å². The van der Waals surface area contributed by atoms with Crippen LogP contribution in [0.3, 0.4) is 0 Å². The number of likely N-dealkylation sites (N-methyl/N-ethyl adjacent to an activating group) is 1. The van der Waals surface area contributed by atoms with Crippen LogP contribution in [0.4, 0.5) is 13.2 Å². The van der Waals surface area contributed by atoms with Crippen LogP contribution in [0.2, 0.25) is 0 Å². The van der Waals surface area contributed by atoms with Gasteiger partial charge in [-0.2, -0.15) is 13.2 Å². The average molecular weight is 300 g/mol.